The minimum absolute atomic E-state index is 0.0262. The van der Waals surface area contributed by atoms with Crippen LogP contribution in [0.2, 0.25) is 0 Å². The molecule has 22 heavy (non-hydrogen) atoms. The van der Waals surface area contributed by atoms with Gasteiger partial charge in [-0.3, -0.25) is 19.3 Å². The second-order valence-corrected chi connectivity index (χ2v) is 5.58. The van der Waals surface area contributed by atoms with Gasteiger partial charge in [0.25, 0.3) is 11.8 Å². The van der Waals surface area contributed by atoms with Crippen LogP contribution in [-0.4, -0.2) is 47.9 Å². The van der Waals surface area contributed by atoms with Gasteiger partial charge in [0.15, 0.2) is 0 Å². The van der Waals surface area contributed by atoms with E-state index in [2.05, 4.69) is 5.32 Å². The standard InChI is InChI=1S/C16H18N2O4/c1-10(14(19)17-9-11-5-4-8-22-11)18-15(20)12-6-2-3-7-13(12)16(18)21/h2-3,6-7,10-11H,4-5,8-9H2,1H3,(H,17,19)/t10-,11+/m0/s1. The molecule has 2 heterocycles. The number of carbonyl (C=O) groups is 3. The number of imide groups is 1. The molecule has 0 spiro atoms. The molecule has 0 saturated carbocycles. The van der Waals surface area contributed by atoms with Crippen LogP contribution >= 0.6 is 0 Å². The third-order valence-electron chi connectivity index (χ3n) is 4.12. The number of nitrogens with zero attached hydrogens (tertiary/aromatic N) is 1. The maximum absolute atomic E-state index is 12.3. The van der Waals surface area contributed by atoms with E-state index >= 15 is 0 Å². The van der Waals surface area contributed by atoms with Crippen molar-refractivity contribution >= 4 is 17.7 Å². The van der Waals surface area contributed by atoms with E-state index in [4.69, 9.17) is 4.74 Å². The number of fused-ring (bicyclic) bond motifs is 1. The predicted molar refractivity (Wildman–Crippen MR) is 78.4 cm³/mol. The second kappa shape index (κ2) is 5.88. The molecule has 0 aliphatic carbocycles. The van der Waals surface area contributed by atoms with Gasteiger partial charge in [-0.15, -0.1) is 0 Å². The summed E-state index contributed by atoms with van der Waals surface area (Å²) in [4.78, 5) is 37.9. The third kappa shape index (κ3) is 2.50. The molecular formula is C16H18N2O4. The quantitative estimate of drug-likeness (QED) is 0.841. The molecule has 0 unspecified atom stereocenters. The van der Waals surface area contributed by atoms with Crippen molar-refractivity contribution in [3.63, 3.8) is 0 Å². The van der Waals surface area contributed by atoms with Crippen LogP contribution in [0.3, 0.4) is 0 Å². The Bertz CT molecular complexity index is 587. The van der Waals surface area contributed by atoms with Crippen molar-refractivity contribution in [1.82, 2.24) is 10.2 Å². The molecule has 1 aromatic rings. The molecule has 2 aliphatic heterocycles. The molecule has 1 saturated heterocycles. The van der Waals surface area contributed by atoms with Crippen LogP contribution in [-0.2, 0) is 9.53 Å². The Hall–Kier alpha value is -2.21. The molecule has 6 heteroatoms. The van der Waals surface area contributed by atoms with Gasteiger partial charge in [-0.1, -0.05) is 12.1 Å². The summed E-state index contributed by atoms with van der Waals surface area (Å²) >= 11 is 0. The van der Waals surface area contributed by atoms with Gasteiger partial charge in [-0.05, 0) is 31.9 Å². The van der Waals surface area contributed by atoms with Gasteiger partial charge in [0.05, 0.1) is 17.2 Å². The van der Waals surface area contributed by atoms with Gasteiger partial charge in [0.2, 0.25) is 5.91 Å². The van der Waals surface area contributed by atoms with Gasteiger partial charge in [0, 0.05) is 13.2 Å². The van der Waals surface area contributed by atoms with E-state index in [1.807, 2.05) is 0 Å². The number of nitrogens with one attached hydrogen (secondary N) is 1. The van der Waals surface area contributed by atoms with E-state index < -0.39 is 17.9 Å². The highest BCUT2D eigenvalue weighted by Crippen LogP contribution is 2.24. The zero-order valence-electron chi connectivity index (χ0n) is 12.4. The first-order valence-corrected chi connectivity index (χ1v) is 7.46. The number of hydrogen-bond donors (Lipinski definition) is 1. The Balaban J connectivity index is 1.67. The molecule has 0 radical (unpaired) electrons. The third-order valence-corrected chi connectivity index (χ3v) is 4.12. The maximum Gasteiger partial charge on any atom is 0.262 e. The highest BCUT2D eigenvalue weighted by molar-refractivity contribution is 6.22. The summed E-state index contributed by atoms with van der Waals surface area (Å²) in [6, 6.07) is 5.78. The van der Waals surface area contributed by atoms with Crippen molar-refractivity contribution in [2.24, 2.45) is 0 Å². The van der Waals surface area contributed by atoms with Gasteiger partial charge in [-0.2, -0.15) is 0 Å². The van der Waals surface area contributed by atoms with Crippen molar-refractivity contribution in [2.45, 2.75) is 31.9 Å². The molecule has 0 bridgehead atoms. The Morgan fingerprint density at radius 2 is 1.95 bits per heavy atom. The topological polar surface area (TPSA) is 75.7 Å². The molecule has 3 rings (SSSR count). The van der Waals surface area contributed by atoms with E-state index in [1.165, 1.54) is 0 Å². The lowest BCUT2D eigenvalue weighted by Gasteiger charge is -2.22. The molecule has 1 fully saturated rings. The van der Waals surface area contributed by atoms with Crippen molar-refractivity contribution < 1.29 is 19.1 Å². The van der Waals surface area contributed by atoms with E-state index in [1.54, 1.807) is 31.2 Å². The number of carbonyl (C=O) groups excluding carboxylic acids is 3. The first kappa shape index (κ1) is 14.7. The van der Waals surface area contributed by atoms with Crippen LogP contribution in [0.4, 0.5) is 0 Å². The lowest BCUT2D eigenvalue weighted by atomic mass is 10.1. The fourth-order valence-electron chi connectivity index (χ4n) is 2.84. The number of hydrogen-bond acceptors (Lipinski definition) is 4. The molecule has 0 aromatic heterocycles. The Morgan fingerprint density at radius 1 is 1.32 bits per heavy atom. The lowest BCUT2D eigenvalue weighted by molar-refractivity contribution is -0.125. The van der Waals surface area contributed by atoms with Crippen LogP contribution < -0.4 is 5.32 Å². The zero-order valence-corrected chi connectivity index (χ0v) is 12.4. The molecule has 1 aromatic carbocycles. The van der Waals surface area contributed by atoms with Crippen molar-refractivity contribution in [1.29, 1.82) is 0 Å². The summed E-state index contributed by atoms with van der Waals surface area (Å²) < 4.78 is 5.44. The monoisotopic (exact) mass is 302 g/mol. The molecule has 3 amide bonds. The fraction of sp³-hybridized carbons (Fsp3) is 0.438. The van der Waals surface area contributed by atoms with E-state index in [-0.39, 0.29) is 12.0 Å². The van der Waals surface area contributed by atoms with Crippen LogP contribution in [0.1, 0.15) is 40.5 Å². The van der Waals surface area contributed by atoms with Crippen molar-refractivity contribution in [2.75, 3.05) is 13.2 Å². The van der Waals surface area contributed by atoms with E-state index in [0.29, 0.717) is 24.3 Å². The molecule has 116 valence electrons. The highest BCUT2D eigenvalue weighted by Gasteiger charge is 2.40. The van der Waals surface area contributed by atoms with Gasteiger partial charge in [0.1, 0.15) is 6.04 Å². The minimum atomic E-state index is -0.839. The average molecular weight is 302 g/mol. The number of benzene rings is 1. The van der Waals surface area contributed by atoms with Gasteiger partial charge in [-0.25, -0.2) is 0 Å². The predicted octanol–water partition coefficient (Wildman–Crippen LogP) is 0.966. The number of rotatable bonds is 4. The first-order valence-electron chi connectivity index (χ1n) is 7.46. The highest BCUT2D eigenvalue weighted by atomic mass is 16.5. The SMILES string of the molecule is C[C@@H](C(=O)NC[C@H]1CCCO1)N1C(=O)c2ccccc2C1=O. The molecular weight excluding hydrogens is 284 g/mol. The fourth-order valence-corrected chi connectivity index (χ4v) is 2.84. The Kier molecular flexibility index (Phi) is 3.94. The van der Waals surface area contributed by atoms with Crippen LogP contribution in [0, 0.1) is 0 Å². The molecule has 6 nitrogen and oxygen atoms in total. The molecule has 2 atom stereocenters. The largest absolute Gasteiger partial charge is 0.376 e. The van der Waals surface area contributed by atoms with Gasteiger partial charge < -0.3 is 10.1 Å². The number of ether oxygens (including phenoxy) is 1. The summed E-state index contributed by atoms with van der Waals surface area (Å²) in [5.41, 5.74) is 0.706. The summed E-state index contributed by atoms with van der Waals surface area (Å²) in [6.07, 6.45) is 1.94. The number of amides is 3. The van der Waals surface area contributed by atoms with Crippen molar-refractivity contribution in [3.05, 3.63) is 35.4 Å². The van der Waals surface area contributed by atoms with E-state index in [0.717, 1.165) is 17.7 Å². The lowest BCUT2D eigenvalue weighted by Crippen LogP contribution is -2.49. The summed E-state index contributed by atoms with van der Waals surface area (Å²) in [6.45, 7) is 2.69. The Labute approximate surface area is 128 Å². The first-order chi connectivity index (χ1) is 10.6. The molecule has 1 N–H and O–H groups in total. The smallest absolute Gasteiger partial charge is 0.262 e. The van der Waals surface area contributed by atoms with Gasteiger partial charge >= 0.3 is 0 Å². The maximum atomic E-state index is 12.3. The summed E-state index contributed by atoms with van der Waals surface area (Å²) in [5, 5.41) is 2.76. The zero-order chi connectivity index (χ0) is 15.7. The second-order valence-electron chi connectivity index (χ2n) is 5.58. The summed E-state index contributed by atoms with van der Waals surface area (Å²) in [7, 11) is 0. The average Bonchev–Trinajstić information content (AvgIpc) is 3.13. The van der Waals surface area contributed by atoms with Crippen LogP contribution in [0.25, 0.3) is 0 Å². The Morgan fingerprint density at radius 3 is 2.50 bits per heavy atom. The normalized spacial score (nSPS) is 21.9. The van der Waals surface area contributed by atoms with Crippen LogP contribution in [0.15, 0.2) is 24.3 Å². The van der Waals surface area contributed by atoms with E-state index in [9.17, 15) is 14.4 Å². The van der Waals surface area contributed by atoms with Crippen LogP contribution in [0.5, 0.6) is 0 Å². The minimum Gasteiger partial charge on any atom is -0.376 e. The van der Waals surface area contributed by atoms with Crippen molar-refractivity contribution in [3.8, 4) is 0 Å². The summed E-state index contributed by atoms with van der Waals surface area (Å²) in [5.74, 6) is -1.18. The molecule has 2 aliphatic rings.